The number of halogens is 4. The second kappa shape index (κ2) is 10.2. The Bertz CT molecular complexity index is 1120. The maximum atomic E-state index is 13.3. The van der Waals surface area contributed by atoms with Crippen molar-refractivity contribution in [1.82, 2.24) is 9.88 Å². The smallest absolute Gasteiger partial charge is 0.340 e. The number of hydrogen-bond donors (Lipinski definition) is 2. The average Bonchev–Trinajstić information content (AvgIpc) is 3.25. The molecule has 1 aromatic carbocycles. The highest BCUT2D eigenvalue weighted by Gasteiger charge is 2.35. The summed E-state index contributed by atoms with van der Waals surface area (Å²) in [5.41, 5.74) is -1.34. The fourth-order valence-corrected chi connectivity index (χ4v) is 4.71. The number of benzene rings is 1. The molecule has 2 aliphatic rings. The number of nitrogens with zero attached hydrogens (tertiary/aromatic N) is 2. The van der Waals surface area contributed by atoms with Crippen molar-refractivity contribution in [2.24, 2.45) is 5.92 Å². The monoisotopic (exact) mass is 508 g/mol. The van der Waals surface area contributed by atoms with E-state index in [-0.39, 0.29) is 29.0 Å². The number of anilines is 2. The summed E-state index contributed by atoms with van der Waals surface area (Å²) >= 11 is 5.79. The molecule has 0 unspecified atom stereocenters. The zero-order chi connectivity index (χ0) is 25.2. The predicted molar refractivity (Wildman–Crippen MR) is 124 cm³/mol. The molecule has 1 saturated carbocycles. The normalized spacial score (nSPS) is 20.6. The molecule has 2 aromatic rings. The van der Waals surface area contributed by atoms with Gasteiger partial charge in [0.05, 0.1) is 21.8 Å². The van der Waals surface area contributed by atoms with Gasteiger partial charge in [-0.15, -0.1) is 0 Å². The Morgan fingerprint density at radius 3 is 2.40 bits per heavy atom. The van der Waals surface area contributed by atoms with E-state index in [0.717, 1.165) is 31.2 Å². The van der Waals surface area contributed by atoms with Crippen LogP contribution in [0.4, 0.5) is 24.7 Å². The third kappa shape index (κ3) is 5.93. The third-order valence-electron chi connectivity index (χ3n) is 6.44. The van der Waals surface area contributed by atoms with E-state index >= 15 is 0 Å². The molecule has 186 valence electrons. The molecule has 2 fully saturated rings. The Balaban J connectivity index is 1.48. The quantitative estimate of drug-likeness (QED) is 0.586. The number of likely N-dealkylation sites (tertiary alicyclic amines) is 1. The molecule has 3 amide bonds. The van der Waals surface area contributed by atoms with Crippen LogP contribution in [0.25, 0.3) is 0 Å². The molecular formula is C24H24ClF3N4O3. The maximum Gasteiger partial charge on any atom is 0.416 e. The second-order valence-corrected chi connectivity index (χ2v) is 9.20. The summed E-state index contributed by atoms with van der Waals surface area (Å²) in [6, 6.07) is 5.63. The maximum absolute atomic E-state index is 13.3. The number of aromatic nitrogens is 1. The highest BCUT2D eigenvalue weighted by atomic mass is 35.5. The largest absolute Gasteiger partial charge is 0.416 e. The molecule has 11 heteroatoms. The molecule has 1 saturated heterocycles. The molecule has 2 heterocycles. The standard InChI is InChI=1S/C24H24ClF3N4O3/c25-16-6-10-20(29-13-16)31-23(35)18-9-5-15(24(26,27)28)12-19(18)30-22(34)14-3-7-17(8-4-14)32-11-1-2-21(32)33/h5-6,9-10,12-14,17H,1-4,7-8,11H2,(H,30,34)(H,29,31,35). The predicted octanol–water partition coefficient (Wildman–Crippen LogP) is 5.13. The number of carbonyl (C=O) groups is 3. The van der Waals surface area contributed by atoms with Gasteiger partial charge in [-0.25, -0.2) is 4.98 Å². The number of amides is 3. The lowest BCUT2D eigenvalue weighted by Crippen LogP contribution is -2.40. The summed E-state index contributed by atoms with van der Waals surface area (Å²) in [6.07, 6.45) is 0.387. The van der Waals surface area contributed by atoms with Gasteiger partial charge in [0, 0.05) is 31.1 Å². The SMILES string of the molecule is O=C(Nc1ccc(Cl)cn1)c1ccc(C(F)(F)F)cc1NC(=O)C1CCC(N2CCCC2=O)CC1. The molecule has 35 heavy (non-hydrogen) atoms. The number of carbonyl (C=O) groups excluding carboxylic acids is 3. The zero-order valence-corrected chi connectivity index (χ0v) is 19.5. The first-order chi connectivity index (χ1) is 16.6. The van der Waals surface area contributed by atoms with Crippen LogP contribution in [0.5, 0.6) is 0 Å². The van der Waals surface area contributed by atoms with E-state index in [1.165, 1.54) is 18.3 Å². The fraction of sp³-hybridized carbons (Fsp3) is 0.417. The lowest BCUT2D eigenvalue weighted by atomic mass is 9.84. The van der Waals surface area contributed by atoms with Crippen LogP contribution in [0.2, 0.25) is 5.02 Å². The van der Waals surface area contributed by atoms with E-state index in [1.54, 1.807) is 0 Å². The molecule has 1 aliphatic carbocycles. The molecular weight excluding hydrogens is 485 g/mol. The molecule has 1 aromatic heterocycles. The Labute approximate surface area is 205 Å². The molecule has 0 radical (unpaired) electrons. The van der Waals surface area contributed by atoms with Crippen molar-refractivity contribution in [3.8, 4) is 0 Å². The molecule has 0 bridgehead atoms. The third-order valence-corrected chi connectivity index (χ3v) is 6.66. The second-order valence-electron chi connectivity index (χ2n) is 8.76. The van der Waals surface area contributed by atoms with Gasteiger partial charge >= 0.3 is 6.18 Å². The minimum atomic E-state index is -4.65. The number of hydrogen-bond acceptors (Lipinski definition) is 4. The minimum absolute atomic E-state index is 0.0934. The number of nitrogens with one attached hydrogen (secondary N) is 2. The molecule has 1 aliphatic heterocycles. The number of pyridine rings is 1. The Hall–Kier alpha value is -3.14. The van der Waals surface area contributed by atoms with Gasteiger partial charge in [-0.1, -0.05) is 11.6 Å². The lowest BCUT2D eigenvalue weighted by Gasteiger charge is -2.34. The van der Waals surface area contributed by atoms with E-state index in [2.05, 4.69) is 15.6 Å². The highest BCUT2D eigenvalue weighted by Crippen LogP contribution is 2.34. The summed E-state index contributed by atoms with van der Waals surface area (Å²) in [5, 5.41) is 5.40. The van der Waals surface area contributed by atoms with Crippen LogP contribution in [0.3, 0.4) is 0 Å². The van der Waals surface area contributed by atoms with Gasteiger partial charge in [-0.3, -0.25) is 14.4 Å². The van der Waals surface area contributed by atoms with Crippen molar-refractivity contribution in [2.75, 3.05) is 17.2 Å². The van der Waals surface area contributed by atoms with Crippen LogP contribution < -0.4 is 10.6 Å². The Morgan fingerprint density at radius 2 is 1.80 bits per heavy atom. The zero-order valence-electron chi connectivity index (χ0n) is 18.7. The van der Waals surface area contributed by atoms with Crippen molar-refractivity contribution in [3.63, 3.8) is 0 Å². The summed E-state index contributed by atoms with van der Waals surface area (Å²) in [7, 11) is 0. The van der Waals surface area contributed by atoms with Crippen LogP contribution in [0.1, 0.15) is 54.4 Å². The van der Waals surface area contributed by atoms with Crippen molar-refractivity contribution < 1.29 is 27.6 Å². The fourth-order valence-electron chi connectivity index (χ4n) is 4.60. The van der Waals surface area contributed by atoms with Crippen molar-refractivity contribution in [3.05, 3.63) is 52.7 Å². The van der Waals surface area contributed by atoms with Crippen LogP contribution >= 0.6 is 11.6 Å². The van der Waals surface area contributed by atoms with E-state index < -0.39 is 29.5 Å². The van der Waals surface area contributed by atoms with Gasteiger partial charge in [0.25, 0.3) is 5.91 Å². The highest BCUT2D eigenvalue weighted by molar-refractivity contribution is 6.30. The summed E-state index contributed by atoms with van der Waals surface area (Å²) in [6.45, 7) is 0.728. The van der Waals surface area contributed by atoms with Gasteiger partial charge in [0.2, 0.25) is 11.8 Å². The van der Waals surface area contributed by atoms with Crippen molar-refractivity contribution >= 4 is 40.8 Å². The van der Waals surface area contributed by atoms with E-state index in [9.17, 15) is 27.6 Å². The lowest BCUT2D eigenvalue weighted by molar-refractivity contribution is -0.137. The molecule has 0 atom stereocenters. The molecule has 2 N–H and O–H groups in total. The summed E-state index contributed by atoms with van der Waals surface area (Å²) in [4.78, 5) is 43.6. The summed E-state index contributed by atoms with van der Waals surface area (Å²) in [5.74, 6) is -1.30. The van der Waals surface area contributed by atoms with Crippen LogP contribution in [-0.2, 0) is 15.8 Å². The first kappa shape index (κ1) is 25.0. The van der Waals surface area contributed by atoms with Crippen molar-refractivity contribution in [2.45, 2.75) is 50.7 Å². The van der Waals surface area contributed by atoms with Crippen molar-refractivity contribution in [1.29, 1.82) is 0 Å². The molecule has 0 spiro atoms. The van der Waals surface area contributed by atoms with E-state index in [0.29, 0.717) is 37.1 Å². The molecule has 7 nitrogen and oxygen atoms in total. The van der Waals surface area contributed by atoms with Gasteiger partial charge in [0.15, 0.2) is 0 Å². The topological polar surface area (TPSA) is 91.4 Å². The Kier molecular flexibility index (Phi) is 7.30. The van der Waals surface area contributed by atoms with Gasteiger partial charge in [0.1, 0.15) is 5.82 Å². The van der Waals surface area contributed by atoms with E-state index in [1.807, 2.05) is 4.90 Å². The van der Waals surface area contributed by atoms with Crippen LogP contribution in [0.15, 0.2) is 36.5 Å². The summed E-state index contributed by atoms with van der Waals surface area (Å²) < 4.78 is 40.0. The van der Waals surface area contributed by atoms with Crippen LogP contribution in [-0.4, -0.2) is 40.2 Å². The average molecular weight is 509 g/mol. The minimum Gasteiger partial charge on any atom is -0.340 e. The molecule has 4 rings (SSSR count). The van der Waals surface area contributed by atoms with Gasteiger partial charge < -0.3 is 15.5 Å². The first-order valence-corrected chi connectivity index (χ1v) is 11.7. The Morgan fingerprint density at radius 1 is 1.06 bits per heavy atom. The van der Waals surface area contributed by atoms with Crippen LogP contribution in [0, 0.1) is 5.92 Å². The van der Waals surface area contributed by atoms with E-state index in [4.69, 9.17) is 11.6 Å². The number of alkyl halides is 3. The number of rotatable bonds is 5. The first-order valence-electron chi connectivity index (χ1n) is 11.4. The van der Waals surface area contributed by atoms with Gasteiger partial charge in [-0.2, -0.15) is 13.2 Å². The van der Waals surface area contributed by atoms with Gasteiger partial charge in [-0.05, 0) is 62.4 Å².